The number of hydrogen-bond donors (Lipinski definition) is 0. The van der Waals surface area contributed by atoms with Gasteiger partial charge in [0, 0.05) is 5.56 Å². The van der Waals surface area contributed by atoms with Gasteiger partial charge in [-0.05, 0) is 41.7 Å². The molecule has 21 heavy (non-hydrogen) atoms. The fourth-order valence-electron chi connectivity index (χ4n) is 2.99. The predicted octanol–water partition coefficient (Wildman–Crippen LogP) is 5.74. The van der Waals surface area contributed by atoms with E-state index in [2.05, 4.69) is 68.4 Å². The summed E-state index contributed by atoms with van der Waals surface area (Å²) in [4.78, 5) is 0. The van der Waals surface area contributed by atoms with Crippen molar-refractivity contribution in [3.63, 3.8) is 0 Å². The molecule has 0 radical (unpaired) electrons. The molecule has 0 amide bonds. The van der Waals surface area contributed by atoms with Crippen LogP contribution in [0.5, 0.6) is 11.5 Å². The minimum Gasteiger partial charge on any atom is -0.448 e. The van der Waals surface area contributed by atoms with Gasteiger partial charge in [0.2, 0.25) is 0 Å². The van der Waals surface area contributed by atoms with Gasteiger partial charge in [-0.3, -0.25) is 0 Å². The van der Waals surface area contributed by atoms with Crippen molar-refractivity contribution >= 4 is 0 Å². The number of rotatable bonds is 2. The Morgan fingerprint density at radius 1 is 0.571 bits per heavy atom. The molecule has 3 aromatic rings. The fraction of sp³-hybridized carbons (Fsp3) is 0.100. The molecule has 3 aromatic carbocycles. The predicted molar refractivity (Wildman–Crippen MR) is 86.9 cm³/mol. The van der Waals surface area contributed by atoms with Crippen molar-refractivity contribution < 1.29 is 4.74 Å². The lowest BCUT2D eigenvalue weighted by Gasteiger charge is -2.13. The van der Waals surface area contributed by atoms with E-state index in [0.717, 1.165) is 11.5 Å². The van der Waals surface area contributed by atoms with Crippen molar-refractivity contribution in [3.05, 3.63) is 71.8 Å². The average Bonchev–Trinajstić information content (AvgIpc) is 3.33. The van der Waals surface area contributed by atoms with Crippen LogP contribution in [0.3, 0.4) is 0 Å². The molecule has 1 heteroatoms. The molecule has 0 aliphatic carbocycles. The van der Waals surface area contributed by atoms with Gasteiger partial charge in [-0.25, -0.2) is 0 Å². The van der Waals surface area contributed by atoms with E-state index in [1.165, 1.54) is 33.4 Å². The maximum Gasteiger partial charge on any atom is 0.178 e. The monoisotopic (exact) mass is 272 g/mol. The van der Waals surface area contributed by atoms with Gasteiger partial charge in [0.15, 0.2) is 11.5 Å². The lowest BCUT2D eigenvalue weighted by atomic mass is 9.89. The van der Waals surface area contributed by atoms with Crippen LogP contribution in [-0.4, -0.2) is 0 Å². The Bertz CT molecular complexity index is 818. The summed E-state index contributed by atoms with van der Waals surface area (Å²) in [6.45, 7) is 4.33. The lowest BCUT2D eigenvalue weighted by Crippen LogP contribution is -1.89. The Morgan fingerprint density at radius 2 is 1.10 bits per heavy atom. The third-order valence-electron chi connectivity index (χ3n) is 4.25. The van der Waals surface area contributed by atoms with Crippen molar-refractivity contribution in [2.75, 3.05) is 0 Å². The molecular formula is C20H16O. The summed E-state index contributed by atoms with van der Waals surface area (Å²) in [6.07, 6.45) is 0. The molecule has 0 unspecified atom stereocenters. The number of ether oxygens (including phenoxy) is 1. The van der Waals surface area contributed by atoms with Crippen molar-refractivity contribution in [2.24, 2.45) is 0 Å². The van der Waals surface area contributed by atoms with Crippen LogP contribution in [0, 0.1) is 13.8 Å². The van der Waals surface area contributed by atoms with Crippen molar-refractivity contribution in [1.29, 1.82) is 0 Å². The number of hydrogen-bond acceptors (Lipinski definition) is 1. The molecule has 1 aliphatic heterocycles. The van der Waals surface area contributed by atoms with Crippen LogP contribution in [0.2, 0.25) is 0 Å². The minimum absolute atomic E-state index is 1.04. The molecule has 102 valence electrons. The molecule has 0 fully saturated rings. The van der Waals surface area contributed by atoms with Crippen LogP contribution >= 0.6 is 0 Å². The molecule has 0 bridgehead atoms. The highest BCUT2D eigenvalue weighted by Gasteiger charge is 2.33. The van der Waals surface area contributed by atoms with E-state index in [1.54, 1.807) is 0 Å². The molecular weight excluding hydrogens is 256 g/mol. The maximum atomic E-state index is 5.80. The highest BCUT2D eigenvalue weighted by molar-refractivity contribution is 5.96. The van der Waals surface area contributed by atoms with Gasteiger partial charge < -0.3 is 4.74 Å². The smallest absolute Gasteiger partial charge is 0.178 e. The quantitative estimate of drug-likeness (QED) is 0.424. The van der Waals surface area contributed by atoms with Crippen molar-refractivity contribution in [3.8, 4) is 33.8 Å². The normalized spacial score (nSPS) is 11.7. The molecule has 0 spiro atoms. The SMILES string of the molecule is Cc1c(C)c(-c2ccccc2)c(-c2ccccc2)c2c1O2. The van der Waals surface area contributed by atoms with E-state index in [1.807, 2.05) is 6.07 Å². The fourth-order valence-corrected chi connectivity index (χ4v) is 2.99. The highest BCUT2D eigenvalue weighted by Crippen LogP contribution is 2.59. The molecule has 1 nitrogen and oxygen atoms in total. The third-order valence-corrected chi connectivity index (χ3v) is 4.25. The minimum atomic E-state index is 1.04. The van der Waals surface area contributed by atoms with Crippen LogP contribution in [0.15, 0.2) is 60.7 Å². The van der Waals surface area contributed by atoms with Gasteiger partial charge >= 0.3 is 0 Å². The summed E-state index contributed by atoms with van der Waals surface area (Å²) in [7, 11) is 0. The summed E-state index contributed by atoms with van der Waals surface area (Å²) in [5.74, 6) is 2.11. The van der Waals surface area contributed by atoms with Gasteiger partial charge in [-0.2, -0.15) is 0 Å². The maximum absolute atomic E-state index is 5.80. The Hall–Kier alpha value is -2.54. The van der Waals surface area contributed by atoms with Crippen LogP contribution in [0.1, 0.15) is 11.1 Å². The van der Waals surface area contributed by atoms with E-state index in [0.29, 0.717) is 0 Å². The molecule has 1 aliphatic rings. The van der Waals surface area contributed by atoms with Gasteiger partial charge in [0.05, 0.1) is 0 Å². The molecule has 1 heterocycles. The van der Waals surface area contributed by atoms with Crippen LogP contribution < -0.4 is 4.74 Å². The summed E-state index contributed by atoms with van der Waals surface area (Å²) in [6, 6.07) is 21.1. The Balaban J connectivity index is 2.06. The molecule has 0 atom stereocenters. The van der Waals surface area contributed by atoms with Crippen LogP contribution in [-0.2, 0) is 0 Å². The van der Waals surface area contributed by atoms with E-state index >= 15 is 0 Å². The Labute approximate surface area is 124 Å². The number of fused-ring (bicyclic) bond motifs is 1. The standard InChI is InChI=1S/C20H16O/c1-13-14(2)19-20(21-19)18(16-11-7-4-8-12-16)17(13)15-9-5-3-6-10-15/h3-12H,1-2H3. The third kappa shape index (κ3) is 1.85. The second-order valence-electron chi connectivity index (χ2n) is 5.49. The first-order chi connectivity index (χ1) is 10.3. The molecule has 0 N–H and O–H groups in total. The van der Waals surface area contributed by atoms with Crippen molar-refractivity contribution in [1.82, 2.24) is 0 Å². The van der Waals surface area contributed by atoms with Gasteiger partial charge in [-0.15, -0.1) is 0 Å². The average molecular weight is 272 g/mol. The van der Waals surface area contributed by atoms with Crippen molar-refractivity contribution in [2.45, 2.75) is 13.8 Å². The van der Waals surface area contributed by atoms with Gasteiger partial charge in [0.1, 0.15) is 0 Å². The molecule has 4 rings (SSSR count). The zero-order valence-electron chi connectivity index (χ0n) is 12.2. The Morgan fingerprint density at radius 3 is 1.67 bits per heavy atom. The summed E-state index contributed by atoms with van der Waals surface area (Å²) < 4.78 is 5.80. The Kier molecular flexibility index (Phi) is 2.61. The summed E-state index contributed by atoms with van der Waals surface area (Å²) >= 11 is 0. The van der Waals surface area contributed by atoms with E-state index in [-0.39, 0.29) is 0 Å². The van der Waals surface area contributed by atoms with E-state index < -0.39 is 0 Å². The molecule has 0 saturated heterocycles. The second-order valence-corrected chi connectivity index (χ2v) is 5.49. The first-order valence-corrected chi connectivity index (χ1v) is 7.23. The van der Waals surface area contributed by atoms with Gasteiger partial charge in [-0.1, -0.05) is 60.7 Å². The first-order valence-electron chi connectivity index (χ1n) is 7.23. The molecule has 0 aromatic heterocycles. The van der Waals surface area contributed by atoms with Gasteiger partial charge in [0.25, 0.3) is 0 Å². The highest BCUT2D eigenvalue weighted by atomic mass is 16.6. The summed E-state index contributed by atoms with van der Waals surface area (Å²) in [5, 5.41) is 0. The van der Waals surface area contributed by atoms with E-state index in [4.69, 9.17) is 4.74 Å². The molecule has 0 saturated carbocycles. The zero-order valence-corrected chi connectivity index (χ0v) is 12.2. The van der Waals surface area contributed by atoms with E-state index in [9.17, 15) is 0 Å². The largest absolute Gasteiger partial charge is 0.448 e. The zero-order chi connectivity index (χ0) is 14.4. The second kappa shape index (κ2) is 4.49. The summed E-state index contributed by atoms with van der Waals surface area (Å²) in [5.41, 5.74) is 7.53. The first kappa shape index (κ1) is 12.2. The number of benzene rings is 3. The topological polar surface area (TPSA) is 12.5 Å². The van der Waals surface area contributed by atoms with Crippen LogP contribution in [0.4, 0.5) is 0 Å². The lowest BCUT2D eigenvalue weighted by molar-refractivity contribution is 0.647. The van der Waals surface area contributed by atoms with Crippen LogP contribution in [0.25, 0.3) is 22.3 Å².